The van der Waals surface area contributed by atoms with Crippen LogP contribution < -0.4 is 0 Å². The van der Waals surface area contributed by atoms with Crippen LogP contribution in [0, 0.1) is 0 Å². The van der Waals surface area contributed by atoms with Crippen molar-refractivity contribution in [1.82, 2.24) is 9.88 Å². The predicted octanol–water partition coefficient (Wildman–Crippen LogP) is 3.57. The maximum absolute atomic E-state index is 12.8. The summed E-state index contributed by atoms with van der Waals surface area (Å²) in [5, 5.41) is 1.03. The average Bonchev–Trinajstić information content (AvgIpc) is 3.01. The molecular formula is C16H20N2O. The van der Waals surface area contributed by atoms with Gasteiger partial charge < -0.3 is 9.88 Å². The third kappa shape index (κ3) is 1.93. The number of aromatic nitrogens is 1. The van der Waals surface area contributed by atoms with Crippen molar-refractivity contribution in [3.05, 3.63) is 36.0 Å². The van der Waals surface area contributed by atoms with Crippen LogP contribution >= 0.6 is 0 Å². The summed E-state index contributed by atoms with van der Waals surface area (Å²) in [6, 6.07) is 8.75. The minimum atomic E-state index is 0.175. The molecule has 1 fully saturated rings. The first-order valence-corrected chi connectivity index (χ1v) is 7.11. The van der Waals surface area contributed by atoms with Gasteiger partial charge in [0.25, 0.3) is 5.91 Å². The van der Waals surface area contributed by atoms with Gasteiger partial charge in [-0.1, -0.05) is 25.1 Å². The number of rotatable bonds is 2. The highest BCUT2D eigenvalue weighted by Crippen LogP contribution is 2.29. The molecule has 1 aromatic carbocycles. The van der Waals surface area contributed by atoms with Crippen molar-refractivity contribution in [3.8, 4) is 0 Å². The molecule has 3 heteroatoms. The summed E-state index contributed by atoms with van der Waals surface area (Å²) in [6.45, 7) is 4.32. The van der Waals surface area contributed by atoms with Gasteiger partial charge in [-0.25, -0.2) is 0 Å². The lowest BCUT2D eigenvalue weighted by Crippen LogP contribution is -2.39. The number of hydrogen-bond donors (Lipinski definition) is 1. The maximum atomic E-state index is 12.8. The third-order valence-corrected chi connectivity index (χ3v) is 4.31. The van der Waals surface area contributed by atoms with Crippen LogP contribution in [0.3, 0.4) is 0 Å². The van der Waals surface area contributed by atoms with E-state index in [0.717, 1.165) is 35.7 Å². The highest BCUT2D eigenvalue weighted by Gasteiger charge is 2.34. The zero-order chi connectivity index (χ0) is 13.4. The zero-order valence-electron chi connectivity index (χ0n) is 11.5. The topological polar surface area (TPSA) is 36.1 Å². The van der Waals surface area contributed by atoms with Crippen LogP contribution in [0.25, 0.3) is 10.9 Å². The van der Waals surface area contributed by atoms with E-state index < -0.39 is 0 Å². The zero-order valence-corrected chi connectivity index (χ0v) is 11.5. The lowest BCUT2D eigenvalue weighted by molar-refractivity contribution is 0.0678. The number of H-pyrrole nitrogens is 1. The Morgan fingerprint density at radius 3 is 2.95 bits per heavy atom. The number of amides is 1. The molecule has 1 amide bonds. The largest absolute Gasteiger partial charge is 0.360 e. The molecule has 19 heavy (non-hydrogen) atoms. The Kier molecular flexibility index (Phi) is 3.05. The second kappa shape index (κ2) is 4.72. The van der Waals surface area contributed by atoms with E-state index in [1.807, 2.05) is 30.5 Å². The predicted molar refractivity (Wildman–Crippen MR) is 77.2 cm³/mol. The first kappa shape index (κ1) is 12.3. The second-order valence-electron chi connectivity index (χ2n) is 5.45. The van der Waals surface area contributed by atoms with E-state index in [0.29, 0.717) is 12.1 Å². The van der Waals surface area contributed by atoms with Gasteiger partial charge >= 0.3 is 0 Å². The summed E-state index contributed by atoms with van der Waals surface area (Å²) in [4.78, 5) is 18.1. The lowest BCUT2D eigenvalue weighted by atomic mass is 10.1. The number of benzene rings is 1. The molecule has 0 aliphatic carbocycles. The van der Waals surface area contributed by atoms with Crippen LogP contribution in [-0.4, -0.2) is 27.9 Å². The highest BCUT2D eigenvalue weighted by atomic mass is 16.2. The molecule has 0 saturated carbocycles. The maximum Gasteiger partial charge on any atom is 0.256 e. The summed E-state index contributed by atoms with van der Waals surface area (Å²) in [7, 11) is 0. The Labute approximate surface area is 113 Å². The molecule has 2 atom stereocenters. The fraction of sp³-hybridized carbons (Fsp3) is 0.438. The lowest BCUT2D eigenvalue weighted by Gasteiger charge is -2.27. The Balaban J connectivity index is 1.99. The van der Waals surface area contributed by atoms with Crippen molar-refractivity contribution >= 4 is 16.8 Å². The summed E-state index contributed by atoms with van der Waals surface area (Å²) in [5.74, 6) is 0.175. The fourth-order valence-corrected chi connectivity index (χ4v) is 3.23. The fourth-order valence-electron chi connectivity index (χ4n) is 3.23. The van der Waals surface area contributed by atoms with E-state index >= 15 is 0 Å². The molecule has 1 aliphatic rings. The number of likely N-dealkylation sites (tertiary alicyclic amines) is 1. The van der Waals surface area contributed by atoms with Gasteiger partial charge in [-0.05, 0) is 32.3 Å². The Hall–Kier alpha value is -1.77. The number of carbonyl (C=O) groups excluding carboxylic acids is 1. The SMILES string of the molecule is CCC1CCC(C)N1C(=O)c1c[nH]c2ccccc12. The smallest absolute Gasteiger partial charge is 0.256 e. The molecule has 3 nitrogen and oxygen atoms in total. The molecule has 100 valence electrons. The number of aromatic amines is 1. The Morgan fingerprint density at radius 2 is 2.16 bits per heavy atom. The Morgan fingerprint density at radius 1 is 1.37 bits per heavy atom. The van der Waals surface area contributed by atoms with Gasteiger partial charge in [-0.15, -0.1) is 0 Å². The van der Waals surface area contributed by atoms with E-state index in [4.69, 9.17) is 0 Å². The molecule has 0 bridgehead atoms. The van der Waals surface area contributed by atoms with E-state index in [1.165, 1.54) is 0 Å². The third-order valence-electron chi connectivity index (χ3n) is 4.31. The van der Waals surface area contributed by atoms with Crippen LogP contribution in [0.4, 0.5) is 0 Å². The van der Waals surface area contributed by atoms with Crippen molar-refractivity contribution in [2.75, 3.05) is 0 Å². The van der Waals surface area contributed by atoms with E-state index in [-0.39, 0.29) is 5.91 Å². The summed E-state index contributed by atoms with van der Waals surface area (Å²) in [6.07, 6.45) is 5.14. The van der Waals surface area contributed by atoms with Gasteiger partial charge in [-0.3, -0.25) is 4.79 Å². The molecule has 0 radical (unpaired) electrons. The standard InChI is InChI=1S/C16H20N2O/c1-3-12-9-8-11(2)18(12)16(19)14-10-17-15-7-5-4-6-13(14)15/h4-7,10-12,17H,3,8-9H2,1-2H3. The number of nitrogens with one attached hydrogen (secondary N) is 1. The molecule has 2 heterocycles. The average molecular weight is 256 g/mol. The summed E-state index contributed by atoms with van der Waals surface area (Å²) >= 11 is 0. The van der Waals surface area contributed by atoms with Crippen LogP contribution in [-0.2, 0) is 0 Å². The highest BCUT2D eigenvalue weighted by molar-refractivity contribution is 6.07. The monoisotopic (exact) mass is 256 g/mol. The van der Waals surface area contributed by atoms with E-state index in [9.17, 15) is 4.79 Å². The molecule has 1 aromatic heterocycles. The van der Waals surface area contributed by atoms with Crippen molar-refractivity contribution in [2.45, 2.75) is 45.2 Å². The normalized spacial score (nSPS) is 23.2. The van der Waals surface area contributed by atoms with Crippen LogP contribution in [0.15, 0.2) is 30.5 Å². The second-order valence-corrected chi connectivity index (χ2v) is 5.45. The summed E-state index contributed by atoms with van der Waals surface area (Å²) < 4.78 is 0. The molecule has 3 rings (SSSR count). The quantitative estimate of drug-likeness (QED) is 0.876. The van der Waals surface area contributed by atoms with Gasteiger partial charge in [0, 0.05) is 29.2 Å². The molecule has 2 unspecified atom stereocenters. The van der Waals surface area contributed by atoms with Gasteiger partial charge in [0.15, 0.2) is 0 Å². The first-order valence-electron chi connectivity index (χ1n) is 7.11. The van der Waals surface area contributed by atoms with Gasteiger partial charge in [0.2, 0.25) is 0 Å². The Bertz CT molecular complexity index is 602. The minimum absolute atomic E-state index is 0.175. The van der Waals surface area contributed by atoms with Crippen LogP contribution in [0.5, 0.6) is 0 Å². The van der Waals surface area contributed by atoms with Gasteiger partial charge in [0.1, 0.15) is 0 Å². The van der Waals surface area contributed by atoms with Crippen molar-refractivity contribution in [1.29, 1.82) is 0 Å². The molecule has 1 N–H and O–H groups in total. The number of fused-ring (bicyclic) bond motifs is 1. The van der Waals surface area contributed by atoms with Crippen molar-refractivity contribution in [2.24, 2.45) is 0 Å². The van der Waals surface area contributed by atoms with Crippen LogP contribution in [0.1, 0.15) is 43.5 Å². The van der Waals surface area contributed by atoms with Gasteiger partial charge in [0.05, 0.1) is 5.56 Å². The van der Waals surface area contributed by atoms with Crippen LogP contribution in [0.2, 0.25) is 0 Å². The van der Waals surface area contributed by atoms with Gasteiger partial charge in [-0.2, -0.15) is 0 Å². The minimum Gasteiger partial charge on any atom is -0.360 e. The number of carbonyl (C=O) groups is 1. The van der Waals surface area contributed by atoms with Crippen molar-refractivity contribution in [3.63, 3.8) is 0 Å². The summed E-state index contributed by atoms with van der Waals surface area (Å²) in [5.41, 5.74) is 1.84. The molecule has 2 aromatic rings. The number of hydrogen-bond acceptors (Lipinski definition) is 1. The molecule has 1 aliphatic heterocycles. The van der Waals surface area contributed by atoms with E-state index in [1.54, 1.807) is 0 Å². The number of para-hydroxylation sites is 1. The number of nitrogens with zero attached hydrogens (tertiary/aromatic N) is 1. The first-order chi connectivity index (χ1) is 9.22. The molecule has 1 saturated heterocycles. The molecular weight excluding hydrogens is 236 g/mol. The van der Waals surface area contributed by atoms with Crippen molar-refractivity contribution < 1.29 is 4.79 Å². The van der Waals surface area contributed by atoms with E-state index in [2.05, 4.69) is 23.7 Å². The molecule has 0 spiro atoms.